The Bertz CT molecular complexity index is 718. The summed E-state index contributed by atoms with van der Waals surface area (Å²) < 4.78 is 106. The van der Waals surface area contributed by atoms with Gasteiger partial charge < -0.3 is 4.74 Å². The van der Waals surface area contributed by atoms with Gasteiger partial charge in [-0.15, -0.1) is 0 Å². The Morgan fingerprint density at radius 1 is 0.750 bits per heavy atom. The SMILES string of the molecule is FC(F)Oc1cc(C(F)(F)F)ccc1-c1ccccc1C(F)(F)F. The van der Waals surface area contributed by atoms with Crippen molar-refractivity contribution in [3.63, 3.8) is 0 Å². The first kappa shape index (κ1) is 18.0. The lowest BCUT2D eigenvalue weighted by Crippen LogP contribution is -2.10. The second-order valence-electron chi connectivity index (χ2n) is 4.63. The van der Waals surface area contributed by atoms with E-state index in [-0.39, 0.29) is 6.07 Å². The van der Waals surface area contributed by atoms with E-state index >= 15 is 0 Å². The molecule has 2 aromatic carbocycles. The molecule has 0 heterocycles. The molecule has 0 spiro atoms. The molecule has 0 aliphatic heterocycles. The van der Waals surface area contributed by atoms with Gasteiger partial charge in [-0.3, -0.25) is 0 Å². The van der Waals surface area contributed by atoms with Crippen LogP contribution in [0.3, 0.4) is 0 Å². The molecule has 0 atom stereocenters. The van der Waals surface area contributed by atoms with E-state index in [0.717, 1.165) is 12.1 Å². The minimum absolute atomic E-state index is 0.245. The lowest BCUT2D eigenvalue weighted by molar-refractivity contribution is -0.138. The van der Waals surface area contributed by atoms with Crippen LogP contribution < -0.4 is 4.74 Å². The fourth-order valence-corrected chi connectivity index (χ4v) is 2.08. The lowest BCUT2D eigenvalue weighted by Gasteiger charge is -2.17. The normalized spacial score (nSPS) is 12.5. The van der Waals surface area contributed by atoms with Crippen molar-refractivity contribution in [1.82, 2.24) is 0 Å². The molecule has 0 bridgehead atoms. The fourth-order valence-electron chi connectivity index (χ4n) is 2.08. The van der Waals surface area contributed by atoms with Gasteiger partial charge in [-0.05, 0) is 23.8 Å². The second-order valence-corrected chi connectivity index (χ2v) is 4.63. The maximum atomic E-state index is 13.0. The molecule has 0 radical (unpaired) electrons. The van der Waals surface area contributed by atoms with E-state index in [4.69, 9.17) is 0 Å². The zero-order valence-corrected chi connectivity index (χ0v) is 11.6. The minimum atomic E-state index is -4.86. The molecular weight excluding hydrogens is 348 g/mol. The van der Waals surface area contributed by atoms with E-state index in [1.54, 1.807) is 0 Å². The number of hydrogen-bond acceptors (Lipinski definition) is 1. The molecule has 0 N–H and O–H groups in total. The standard InChI is InChI=1S/C15H8F8O/c16-13(17)24-12-7-8(14(18,19)20)5-6-10(12)9-3-1-2-4-11(9)15(21,22)23/h1-7,13H. The van der Waals surface area contributed by atoms with Crippen LogP contribution in [0.2, 0.25) is 0 Å². The van der Waals surface area contributed by atoms with Crippen molar-refractivity contribution >= 4 is 0 Å². The summed E-state index contributed by atoms with van der Waals surface area (Å²) in [5.41, 5.74) is -3.57. The van der Waals surface area contributed by atoms with E-state index in [1.807, 2.05) is 0 Å². The quantitative estimate of drug-likeness (QED) is 0.614. The van der Waals surface area contributed by atoms with Gasteiger partial charge in [0.15, 0.2) is 0 Å². The van der Waals surface area contributed by atoms with Gasteiger partial charge in [-0.25, -0.2) is 0 Å². The van der Waals surface area contributed by atoms with Gasteiger partial charge in [-0.2, -0.15) is 35.1 Å². The Morgan fingerprint density at radius 3 is 1.92 bits per heavy atom. The number of ether oxygens (including phenoxy) is 1. The van der Waals surface area contributed by atoms with E-state index in [1.165, 1.54) is 6.07 Å². The number of hydrogen-bond donors (Lipinski definition) is 0. The molecule has 0 aromatic heterocycles. The van der Waals surface area contributed by atoms with Crippen LogP contribution in [0.4, 0.5) is 35.1 Å². The van der Waals surface area contributed by atoms with Crippen molar-refractivity contribution in [1.29, 1.82) is 0 Å². The van der Waals surface area contributed by atoms with E-state index in [2.05, 4.69) is 4.74 Å². The fraction of sp³-hybridized carbons (Fsp3) is 0.200. The molecule has 0 aliphatic rings. The summed E-state index contributed by atoms with van der Waals surface area (Å²) >= 11 is 0. The summed E-state index contributed by atoms with van der Waals surface area (Å²) in [6.07, 6.45) is -9.68. The number of alkyl halides is 8. The molecule has 0 saturated heterocycles. The van der Waals surface area contributed by atoms with Crippen molar-refractivity contribution in [2.24, 2.45) is 0 Å². The highest BCUT2D eigenvalue weighted by atomic mass is 19.4. The maximum absolute atomic E-state index is 13.0. The first-order valence-corrected chi connectivity index (χ1v) is 6.33. The van der Waals surface area contributed by atoms with Crippen molar-refractivity contribution in [3.05, 3.63) is 53.6 Å². The molecule has 0 amide bonds. The number of rotatable bonds is 3. The number of benzene rings is 2. The largest absolute Gasteiger partial charge is 0.434 e. The van der Waals surface area contributed by atoms with Crippen molar-refractivity contribution in [2.75, 3.05) is 0 Å². The predicted molar refractivity (Wildman–Crippen MR) is 68.5 cm³/mol. The molecule has 0 saturated carbocycles. The number of halogens is 8. The van der Waals surface area contributed by atoms with E-state index in [0.29, 0.717) is 18.2 Å². The average molecular weight is 356 g/mol. The van der Waals surface area contributed by atoms with E-state index in [9.17, 15) is 35.1 Å². The van der Waals surface area contributed by atoms with Crippen LogP contribution in [0.15, 0.2) is 42.5 Å². The van der Waals surface area contributed by atoms with Crippen LogP contribution in [0.1, 0.15) is 11.1 Å². The van der Waals surface area contributed by atoms with Crippen LogP contribution in [0.5, 0.6) is 5.75 Å². The second kappa shape index (κ2) is 6.29. The van der Waals surface area contributed by atoms with Gasteiger partial charge in [0.25, 0.3) is 0 Å². The van der Waals surface area contributed by atoms with Crippen LogP contribution >= 0.6 is 0 Å². The molecule has 0 fully saturated rings. The Balaban J connectivity index is 2.67. The third kappa shape index (κ3) is 3.95. The summed E-state index contributed by atoms with van der Waals surface area (Å²) in [5.74, 6) is -0.989. The predicted octanol–water partition coefficient (Wildman–Crippen LogP) is 5.99. The van der Waals surface area contributed by atoms with Crippen molar-refractivity contribution in [3.8, 4) is 16.9 Å². The topological polar surface area (TPSA) is 9.23 Å². The molecule has 1 nitrogen and oxygen atoms in total. The molecule has 130 valence electrons. The van der Waals surface area contributed by atoms with E-state index < -0.39 is 47.0 Å². The molecular formula is C15H8F8O. The molecule has 0 aliphatic carbocycles. The third-order valence-corrected chi connectivity index (χ3v) is 3.05. The highest BCUT2D eigenvalue weighted by molar-refractivity contribution is 5.74. The third-order valence-electron chi connectivity index (χ3n) is 3.05. The van der Waals surface area contributed by atoms with Crippen LogP contribution in [-0.2, 0) is 12.4 Å². The summed E-state index contributed by atoms with van der Waals surface area (Å²) in [6, 6.07) is 5.35. The average Bonchev–Trinajstić information content (AvgIpc) is 2.44. The Kier molecular flexibility index (Phi) is 4.73. The molecule has 0 unspecified atom stereocenters. The summed E-state index contributed by atoms with van der Waals surface area (Å²) in [6.45, 7) is -3.50. The van der Waals surface area contributed by atoms with Crippen LogP contribution in [0, 0.1) is 0 Å². The van der Waals surface area contributed by atoms with Crippen LogP contribution in [-0.4, -0.2) is 6.61 Å². The Labute approximate surface area is 130 Å². The van der Waals surface area contributed by atoms with Gasteiger partial charge in [0.1, 0.15) is 5.75 Å². The highest BCUT2D eigenvalue weighted by Crippen LogP contribution is 2.42. The maximum Gasteiger partial charge on any atom is 0.417 e. The zero-order chi connectivity index (χ0) is 18.1. The molecule has 2 aromatic rings. The van der Waals surface area contributed by atoms with Crippen LogP contribution in [0.25, 0.3) is 11.1 Å². The zero-order valence-electron chi connectivity index (χ0n) is 11.6. The Morgan fingerprint density at radius 2 is 1.38 bits per heavy atom. The minimum Gasteiger partial charge on any atom is -0.434 e. The summed E-state index contributed by atoms with van der Waals surface area (Å²) in [4.78, 5) is 0. The smallest absolute Gasteiger partial charge is 0.417 e. The molecule has 9 heteroatoms. The van der Waals surface area contributed by atoms with Gasteiger partial charge in [0.2, 0.25) is 0 Å². The monoisotopic (exact) mass is 356 g/mol. The molecule has 2 rings (SSSR count). The molecule has 24 heavy (non-hydrogen) atoms. The van der Waals surface area contributed by atoms with Crippen molar-refractivity contribution in [2.45, 2.75) is 19.0 Å². The van der Waals surface area contributed by atoms with Gasteiger partial charge in [0, 0.05) is 5.56 Å². The summed E-state index contributed by atoms with van der Waals surface area (Å²) in [5, 5.41) is 0. The van der Waals surface area contributed by atoms with Gasteiger partial charge in [-0.1, -0.05) is 24.3 Å². The first-order chi connectivity index (χ1) is 11.0. The lowest BCUT2D eigenvalue weighted by atomic mass is 9.97. The highest BCUT2D eigenvalue weighted by Gasteiger charge is 2.35. The van der Waals surface area contributed by atoms with Gasteiger partial charge in [0.05, 0.1) is 11.1 Å². The first-order valence-electron chi connectivity index (χ1n) is 6.33. The van der Waals surface area contributed by atoms with Gasteiger partial charge >= 0.3 is 19.0 Å². The Hall–Kier alpha value is -2.32. The summed E-state index contributed by atoms with van der Waals surface area (Å²) in [7, 11) is 0. The van der Waals surface area contributed by atoms with Crippen molar-refractivity contribution < 1.29 is 39.9 Å².